The molecule has 0 radical (unpaired) electrons. The number of hydrogen-bond donors (Lipinski definition) is 3. The van der Waals surface area contributed by atoms with Crippen molar-refractivity contribution in [2.45, 2.75) is 25.9 Å². The predicted octanol–water partition coefficient (Wildman–Crippen LogP) is 1.98. The molecule has 0 spiro atoms. The number of imidazole rings is 1. The summed E-state index contributed by atoms with van der Waals surface area (Å²) in [6.45, 7) is 2.95. The monoisotopic (exact) mass is 289 g/mol. The Balaban J connectivity index is 1.75. The molecule has 1 unspecified atom stereocenters. The smallest absolute Gasteiger partial charge is 0.227 e. The van der Waals surface area contributed by atoms with Gasteiger partial charge in [-0.05, 0) is 38.0 Å². The Kier molecular flexibility index (Phi) is 3.90. The second-order valence-corrected chi connectivity index (χ2v) is 5.41. The third kappa shape index (κ3) is 3.06. The average molecular weight is 289 g/mol. The summed E-state index contributed by atoms with van der Waals surface area (Å²) in [6.07, 6.45) is 0.895. The molecule has 0 aliphatic carbocycles. The molecule has 21 heavy (non-hydrogen) atoms. The fourth-order valence-corrected chi connectivity index (χ4v) is 2.51. The average Bonchev–Trinajstić information content (AvgIpc) is 2.91. The molecule has 1 aliphatic rings. The van der Waals surface area contributed by atoms with Crippen LogP contribution in [0.4, 0.5) is 5.69 Å². The number of fused-ring (bicyclic) bond motifs is 1. The van der Waals surface area contributed by atoms with Crippen molar-refractivity contribution in [3.05, 3.63) is 24.0 Å². The van der Waals surface area contributed by atoms with E-state index < -0.39 is 6.10 Å². The summed E-state index contributed by atoms with van der Waals surface area (Å²) < 4.78 is 5.27. The summed E-state index contributed by atoms with van der Waals surface area (Å²) in [7, 11) is 0. The number of aromatic amines is 1. The number of ether oxygens (including phenoxy) is 1. The van der Waals surface area contributed by atoms with E-state index in [1.807, 2.05) is 18.2 Å². The van der Waals surface area contributed by atoms with Gasteiger partial charge < -0.3 is 20.1 Å². The number of aliphatic hydroxyl groups excluding tert-OH is 1. The van der Waals surface area contributed by atoms with Crippen LogP contribution in [0.3, 0.4) is 0 Å². The number of aromatic nitrogens is 2. The van der Waals surface area contributed by atoms with Crippen molar-refractivity contribution < 1.29 is 14.6 Å². The Hall–Kier alpha value is -1.92. The van der Waals surface area contributed by atoms with E-state index >= 15 is 0 Å². The Morgan fingerprint density at radius 2 is 2.24 bits per heavy atom. The zero-order valence-electron chi connectivity index (χ0n) is 11.9. The fourth-order valence-electron chi connectivity index (χ4n) is 2.51. The van der Waals surface area contributed by atoms with E-state index in [9.17, 15) is 9.90 Å². The highest BCUT2D eigenvalue weighted by Crippen LogP contribution is 2.22. The van der Waals surface area contributed by atoms with Crippen LogP contribution >= 0.6 is 0 Å². The highest BCUT2D eigenvalue weighted by Gasteiger charge is 2.21. The minimum atomic E-state index is -0.641. The van der Waals surface area contributed by atoms with Gasteiger partial charge in [0.05, 0.1) is 11.0 Å². The van der Waals surface area contributed by atoms with Crippen LogP contribution < -0.4 is 5.32 Å². The third-order valence-corrected chi connectivity index (χ3v) is 3.76. The van der Waals surface area contributed by atoms with Crippen LogP contribution in [0.1, 0.15) is 31.7 Å². The molecule has 3 N–H and O–H groups in total. The Bertz CT molecular complexity index is 645. The lowest BCUT2D eigenvalue weighted by atomic mass is 9.99. The van der Waals surface area contributed by atoms with Crippen LogP contribution in [0.15, 0.2) is 18.2 Å². The summed E-state index contributed by atoms with van der Waals surface area (Å²) in [5.74, 6) is 0.579. The first-order valence-corrected chi connectivity index (χ1v) is 7.20. The molecule has 2 heterocycles. The molecule has 3 rings (SSSR count). The van der Waals surface area contributed by atoms with E-state index in [0.717, 1.165) is 29.6 Å². The SMILES string of the molecule is CC(O)c1nc2ccc(NC(=O)C3CCOCC3)cc2[nH]1. The molecular formula is C15H19N3O3. The molecule has 1 aromatic heterocycles. The van der Waals surface area contributed by atoms with Crippen molar-refractivity contribution in [1.29, 1.82) is 0 Å². The van der Waals surface area contributed by atoms with Gasteiger partial charge in [-0.3, -0.25) is 4.79 Å². The van der Waals surface area contributed by atoms with Gasteiger partial charge in [0, 0.05) is 24.8 Å². The van der Waals surface area contributed by atoms with Crippen molar-refractivity contribution >= 4 is 22.6 Å². The minimum Gasteiger partial charge on any atom is -0.385 e. The van der Waals surface area contributed by atoms with Crippen molar-refractivity contribution in [1.82, 2.24) is 9.97 Å². The number of aliphatic hydroxyl groups is 1. The van der Waals surface area contributed by atoms with Gasteiger partial charge in [-0.25, -0.2) is 4.98 Å². The van der Waals surface area contributed by atoms with Crippen LogP contribution in [0.5, 0.6) is 0 Å². The molecule has 112 valence electrons. The first kappa shape index (κ1) is 14.0. The molecule has 1 fully saturated rings. The van der Waals surface area contributed by atoms with E-state index in [1.54, 1.807) is 6.92 Å². The number of H-pyrrole nitrogens is 1. The number of nitrogens with one attached hydrogen (secondary N) is 2. The first-order chi connectivity index (χ1) is 10.1. The van der Waals surface area contributed by atoms with Crippen LogP contribution in [0, 0.1) is 5.92 Å². The lowest BCUT2D eigenvalue weighted by molar-refractivity contribution is -0.122. The molecule has 1 aliphatic heterocycles. The summed E-state index contributed by atoms with van der Waals surface area (Å²) in [6, 6.07) is 5.50. The first-order valence-electron chi connectivity index (χ1n) is 7.20. The standard InChI is InChI=1S/C15H19N3O3/c1-9(19)14-17-12-3-2-11(8-13(12)18-14)16-15(20)10-4-6-21-7-5-10/h2-3,8-10,19H,4-7H2,1H3,(H,16,20)(H,17,18). The lowest BCUT2D eigenvalue weighted by Gasteiger charge is -2.21. The molecule has 0 saturated carbocycles. The van der Waals surface area contributed by atoms with Gasteiger partial charge in [0.25, 0.3) is 0 Å². The van der Waals surface area contributed by atoms with Crippen LogP contribution in [0.2, 0.25) is 0 Å². The number of carbonyl (C=O) groups is 1. The number of benzene rings is 1. The summed E-state index contributed by atoms with van der Waals surface area (Å²) in [4.78, 5) is 19.5. The minimum absolute atomic E-state index is 0.0178. The second-order valence-electron chi connectivity index (χ2n) is 5.41. The highest BCUT2D eigenvalue weighted by atomic mass is 16.5. The number of carbonyl (C=O) groups excluding carboxylic acids is 1. The summed E-state index contributed by atoms with van der Waals surface area (Å²) in [5, 5.41) is 12.5. The molecule has 1 amide bonds. The van der Waals surface area contributed by atoms with Crippen molar-refractivity contribution in [3.8, 4) is 0 Å². The van der Waals surface area contributed by atoms with Gasteiger partial charge in [-0.1, -0.05) is 0 Å². The van der Waals surface area contributed by atoms with Crippen LogP contribution in [0.25, 0.3) is 11.0 Å². The van der Waals surface area contributed by atoms with Crippen molar-refractivity contribution in [2.75, 3.05) is 18.5 Å². The molecule has 6 heteroatoms. The van der Waals surface area contributed by atoms with Gasteiger partial charge in [-0.2, -0.15) is 0 Å². The Labute approximate surface area is 122 Å². The number of rotatable bonds is 3. The number of hydrogen-bond acceptors (Lipinski definition) is 4. The molecule has 1 atom stereocenters. The van der Waals surface area contributed by atoms with Gasteiger partial charge in [0.15, 0.2) is 0 Å². The van der Waals surface area contributed by atoms with Crippen LogP contribution in [-0.2, 0) is 9.53 Å². The lowest BCUT2D eigenvalue weighted by Crippen LogP contribution is -2.28. The molecule has 1 aromatic carbocycles. The fraction of sp³-hybridized carbons (Fsp3) is 0.467. The quantitative estimate of drug-likeness (QED) is 0.806. The highest BCUT2D eigenvalue weighted by molar-refractivity contribution is 5.94. The van der Waals surface area contributed by atoms with Crippen molar-refractivity contribution in [3.63, 3.8) is 0 Å². The number of nitrogens with zero attached hydrogens (tertiary/aromatic N) is 1. The van der Waals surface area contributed by atoms with Crippen molar-refractivity contribution in [2.24, 2.45) is 5.92 Å². The number of anilines is 1. The van der Waals surface area contributed by atoms with Gasteiger partial charge in [0.2, 0.25) is 5.91 Å². The molecular weight excluding hydrogens is 270 g/mol. The normalized spacial score (nSPS) is 17.8. The van der Waals surface area contributed by atoms with Gasteiger partial charge >= 0.3 is 0 Å². The molecule has 6 nitrogen and oxygen atoms in total. The van der Waals surface area contributed by atoms with Gasteiger partial charge in [-0.15, -0.1) is 0 Å². The predicted molar refractivity (Wildman–Crippen MR) is 78.9 cm³/mol. The van der Waals surface area contributed by atoms with E-state index in [-0.39, 0.29) is 11.8 Å². The summed E-state index contributed by atoms with van der Waals surface area (Å²) >= 11 is 0. The van der Waals surface area contributed by atoms with E-state index in [1.165, 1.54) is 0 Å². The maximum atomic E-state index is 12.2. The van der Waals surface area contributed by atoms with Gasteiger partial charge in [0.1, 0.15) is 11.9 Å². The summed E-state index contributed by atoms with van der Waals surface area (Å²) in [5.41, 5.74) is 2.31. The zero-order valence-corrected chi connectivity index (χ0v) is 11.9. The maximum Gasteiger partial charge on any atom is 0.227 e. The topological polar surface area (TPSA) is 87.2 Å². The second kappa shape index (κ2) is 5.83. The molecule has 0 bridgehead atoms. The Morgan fingerprint density at radius 3 is 2.95 bits per heavy atom. The third-order valence-electron chi connectivity index (χ3n) is 3.76. The number of amides is 1. The van der Waals surface area contributed by atoms with Crippen LogP contribution in [-0.4, -0.2) is 34.2 Å². The Morgan fingerprint density at radius 1 is 1.48 bits per heavy atom. The largest absolute Gasteiger partial charge is 0.385 e. The van der Waals surface area contributed by atoms with E-state index in [0.29, 0.717) is 19.0 Å². The zero-order chi connectivity index (χ0) is 14.8. The van der Waals surface area contributed by atoms with E-state index in [2.05, 4.69) is 15.3 Å². The molecule has 1 saturated heterocycles. The van der Waals surface area contributed by atoms with E-state index in [4.69, 9.17) is 4.74 Å². The maximum absolute atomic E-state index is 12.2. The molecule has 2 aromatic rings.